The van der Waals surface area contributed by atoms with Crippen LogP contribution >= 0.6 is 0 Å². The number of hydrogen-bond acceptors (Lipinski definition) is 2. The van der Waals surface area contributed by atoms with Crippen molar-refractivity contribution in [3.8, 4) is 0 Å². The number of aromatic amines is 1. The first-order valence-electron chi connectivity index (χ1n) is 4.48. The Balaban J connectivity index is 2.69. The van der Waals surface area contributed by atoms with E-state index in [-0.39, 0.29) is 12.1 Å². The van der Waals surface area contributed by atoms with Gasteiger partial charge in [-0.3, -0.25) is 9.59 Å². The number of carbonyl (C=O) groups is 1. The van der Waals surface area contributed by atoms with Gasteiger partial charge in [0.15, 0.2) is 0 Å². The molecule has 2 aromatic heterocycles. The Labute approximate surface area is 85.0 Å². The lowest BCUT2D eigenvalue weighted by Crippen LogP contribution is -2.15. The van der Waals surface area contributed by atoms with E-state index in [1.165, 1.54) is 4.57 Å². The summed E-state index contributed by atoms with van der Waals surface area (Å²) in [5.41, 5.74) is 0.917. The average Bonchev–Trinajstić information content (AvgIpc) is 2.46. The van der Waals surface area contributed by atoms with Crippen LogP contribution in [0.25, 0.3) is 10.9 Å². The Morgan fingerprint density at radius 2 is 2.33 bits per heavy atom. The third-order valence-electron chi connectivity index (χ3n) is 2.20. The van der Waals surface area contributed by atoms with Crippen molar-refractivity contribution in [3.05, 3.63) is 34.4 Å². The summed E-state index contributed by atoms with van der Waals surface area (Å²) in [5.74, 6) is -0.965. The highest BCUT2D eigenvalue weighted by molar-refractivity contribution is 5.81. The maximum absolute atomic E-state index is 11.6. The van der Waals surface area contributed by atoms with Gasteiger partial charge in [0.2, 0.25) is 0 Å². The van der Waals surface area contributed by atoms with Crippen molar-refractivity contribution in [2.45, 2.75) is 13.5 Å². The number of H-pyrrole nitrogens is 1. The number of pyridine rings is 1. The minimum absolute atomic E-state index is 0.199. The van der Waals surface area contributed by atoms with Gasteiger partial charge in [-0.1, -0.05) is 0 Å². The van der Waals surface area contributed by atoms with Gasteiger partial charge in [-0.2, -0.15) is 0 Å². The molecule has 15 heavy (non-hydrogen) atoms. The van der Waals surface area contributed by atoms with Crippen LogP contribution in [0.1, 0.15) is 5.69 Å². The summed E-state index contributed by atoms with van der Waals surface area (Å²) < 4.78 is 1.43. The fraction of sp³-hybridized carbons (Fsp3) is 0.200. The van der Waals surface area contributed by atoms with Crippen molar-refractivity contribution >= 4 is 16.9 Å². The molecule has 0 saturated carbocycles. The number of aliphatic carboxylic acids is 1. The van der Waals surface area contributed by atoms with E-state index in [0.29, 0.717) is 5.52 Å². The molecule has 78 valence electrons. The number of hydrogen-bond donors (Lipinski definition) is 2. The van der Waals surface area contributed by atoms with Crippen molar-refractivity contribution in [1.82, 2.24) is 9.55 Å². The average molecular weight is 206 g/mol. The van der Waals surface area contributed by atoms with Gasteiger partial charge >= 0.3 is 5.97 Å². The lowest BCUT2D eigenvalue weighted by molar-refractivity contribution is -0.137. The molecule has 0 spiro atoms. The van der Waals surface area contributed by atoms with Gasteiger partial charge in [-0.15, -0.1) is 0 Å². The summed E-state index contributed by atoms with van der Waals surface area (Å²) in [5, 5.41) is 9.42. The third-order valence-corrected chi connectivity index (χ3v) is 2.20. The van der Waals surface area contributed by atoms with Crippen LogP contribution < -0.4 is 5.56 Å². The number of carboxylic acid groups (broad SMARTS) is 1. The summed E-state index contributed by atoms with van der Waals surface area (Å²) in [7, 11) is 0. The summed E-state index contributed by atoms with van der Waals surface area (Å²) in [4.78, 5) is 24.8. The number of rotatable bonds is 2. The number of aryl methyl sites for hydroxylation is 1. The van der Waals surface area contributed by atoms with Crippen molar-refractivity contribution < 1.29 is 9.90 Å². The van der Waals surface area contributed by atoms with E-state index in [1.54, 1.807) is 19.2 Å². The van der Waals surface area contributed by atoms with E-state index in [1.807, 2.05) is 6.07 Å². The molecule has 2 N–H and O–H groups in total. The molecule has 0 aliphatic heterocycles. The second-order valence-electron chi connectivity index (χ2n) is 3.42. The molecular formula is C10H10N2O3. The number of carboxylic acids is 1. The zero-order chi connectivity index (χ0) is 11.0. The molecule has 5 nitrogen and oxygen atoms in total. The van der Waals surface area contributed by atoms with Crippen molar-refractivity contribution in [2.75, 3.05) is 0 Å². The van der Waals surface area contributed by atoms with Crippen LogP contribution in [0.4, 0.5) is 0 Å². The van der Waals surface area contributed by atoms with Crippen LogP contribution in [0.15, 0.2) is 23.1 Å². The highest BCUT2D eigenvalue weighted by Crippen LogP contribution is 2.11. The smallest absolute Gasteiger partial charge is 0.323 e. The van der Waals surface area contributed by atoms with Crippen LogP contribution in [-0.4, -0.2) is 20.6 Å². The van der Waals surface area contributed by atoms with E-state index in [4.69, 9.17) is 5.11 Å². The zero-order valence-electron chi connectivity index (χ0n) is 8.15. The predicted octanol–water partition coefficient (Wildman–Crippen LogP) is 0.723. The Bertz CT molecular complexity index is 580. The SMILES string of the molecule is Cc1cc2ccn(CC(=O)O)c2c(=O)[nH]1. The molecule has 0 amide bonds. The van der Waals surface area contributed by atoms with E-state index in [0.717, 1.165) is 11.1 Å². The standard InChI is InChI=1S/C10H10N2O3/c1-6-4-7-2-3-12(5-8(13)14)9(7)10(15)11-6/h2-4H,5H2,1H3,(H,11,15)(H,13,14). The highest BCUT2D eigenvalue weighted by atomic mass is 16.4. The molecule has 0 fully saturated rings. The van der Waals surface area contributed by atoms with E-state index >= 15 is 0 Å². The van der Waals surface area contributed by atoms with Crippen molar-refractivity contribution in [3.63, 3.8) is 0 Å². The number of aromatic nitrogens is 2. The Hall–Kier alpha value is -2.04. The lowest BCUT2D eigenvalue weighted by atomic mass is 10.3. The minimum Gasteiger partial charge on any atom is -0.480 e. The summed E-state index contributed by atoms with van der Waals surface area (Å²) in [6, 6.07) is 3.55. The number of nitrogens with one attached hydrogen (secondary N) is 1. The first kappa shape index (κ1) is 9.51. The van der Waals surface area contributed by atoms with Gasteiger partial charge in [0.1, 0.15) is 12.1 Å². The molecule has 2 heterocycles. The first-order chi connectivity index (χ1) is 7.08. The predicted molar refractivity (Wildman–Crippen MR) is 54.9 cm³/mol. The van der Waals surface area contributed by atoms with Crippen LogP contribution in [0, 0.1) is 6.92 Å². The number of fused-ring (bicyclic) bond motifs is 1. The normalized spacial score (nSPS) is 10.7. The fourth-order valence-electron chi connectivity index (χ4n) is 1.65. The van der Waals surface area contributed by atoms with Gasteiger partial charge in [0.05, 0.1) is 0 Å². The summed E-state index contributed by atoms with van der Waals surface area (Å²) >= 11 is 0. The lowest BCUT2D eigenvalue weighted by Gasteiger charge is -2.00. The Kier molecular flexibility index (Phi) is 2.07. The number of nitrogens with zero attached hydrogens (tertiary/aromatic N) is 1. The molecule has 0 aliphatic carbocycles. The van der Waals surface area contributed by atoms with Crippen LogP contribution in [0.3, 0.4) is 0 Å². The summed E-state index contributed by atoms with van der Waals surface area (Å²) in [6.45, 7) is 1.59. The van der Waals surface area contributed by atoms with Crippen molar-refractivity contribution in [2.24, 2.45) is 0 Å². The van der Waals surface area contributed by atoms with Gasteiger partial charge in [-0.05, 0) is 19.1 Å². The quantitative estimate of drug-likeness (QED) is 0.760. The molecular weight excluding hydrogens is 196 g/mol. The van der Waals surface area contributed by atoms with Crippen LogP contribution in [0.5, 0.6) is 0 Å². The van der Waals surface area contributed by atoms with E-state index in [2.05, 4.69) is 4.98 Å². The van der Waals surface area contributed by atoms with Gasteiger partial charge < -0.3 is 14.7 Å². The topological polar surface area (TPSA) is 75.1 Å². The Morgan fingerprint density at radius 3 is 3.00 bits per heavy atom. The van der Waals surface area contributed by atoms with Gasteiger partial charge in [0, 0.05) is 17.3 Å². The minimum atomic E-state index is -0.965. The zero-order valence-corrected chi connectivity index (χ0v) is 8.15. The van der Waals surface area contributed by atoms with Crippen LogP contribution in [-0.2, 0) is 11.3 Å². The molecule has 0 bridgehead atoms. The largest absolute Gasteiger partial charge is 0.480 e. The molecule has 2 rings (SSSR count). The molecule has 2 aromatic rings. The van der Waals surface area contributed by atoms with E-state index < -0.39 is 5.97 Å². The first-order valence-corrected chi connectivity index (χ1v) is 4.48. The second kappa shape index (κ2) is 3.27. The maximum Gasteiger partial charge on any atom is 0.323 e. The molecule has 0 atom stereocenters. The second-order valence-corrected chi connectivity index (χ2v) is 3.42. The van der Waals surface area contributed by atoms with Crippen LogP contribution in [0.2, 0.25) is 0 Å². The molecule has 0 aromatic carbocycles. The maximum atomic E-state index is 11.6. The monoisotopic (exact) mass is 206 g/mol. The molecule has 5 heteroatoms. The molecule has 0 saturated heterocycles. The van der Waals surface area contributed by atoms with Gasteiger partial charge in [-0.25, -0.2) is 0 Å². The highest BCUT2D eigenvalue weighted by Gasteiger charge is 2.08. The fourth-order valence-corrected chi connectivity index (χ4v) is 1.65. The Morgan fingerprint density at radius 1 is 1.60 bits per heavy atom. The summed E-state index contributed by atoms with van der Waals surface area (Å²) in [6.07, 6.45) is 1.60. The third kappa shape index (κ3) is 1.63. The van der Waals surface area contributed by atoms with E-state index in [9.17, 15) is 9.59 Å². The molecule has 0 unspecified atom stereocenters. The van der Waals surface area contributed by atoms with Gasteiger partial charge in [0.25, 0.3) is 5.56 Å². The molecule has 0 aliphatic rings. The van der Waals surface area contributed by atoms with Crippen molar-refractivity contribution in [1.29, 1.82) is 0 Å². The molecule has 0 radical (unpaired) electrons.